The van der Waals surface area contributed by atoms with Gasteiger partial charge in [0.2, 0.25) is 0 Å². The molecule has 0 aromatic carbocycles. The fourth-order valence-electron chi connectivity index (χ4n) is 1.93. The van der Waals surface area contributed by atoms with Gasteiger partial charge in [0.05, 0.1) is 0 Å². The van der Waals surface area contributed by atoms with Gasteiger partial charge in [0, 0.05) is 35.4 Å². The summed E-state index contributed by atoms with van der Waals surface area (Å²) < 4.78 is 0. The molecule has 0 amide bonds. The highest BCUT2D eigenvalue weighted by atomic mass is 79.9. The van der Waals surface area contributed by atoms with E-state index in [-0.39, 0.29) is 0 Å². The Kier molecular flexibility index (Phi) is 3.92. The molecule has 4 heteroatoms. The smallest absolute Gasteiger partial charge is 0.132 e. The topological polar surface area (TPSA) is 16.1 Å². The second-order valence-corrected chi connectivity index (χ2v) is 5.41. The van der Waals surface area contributed by atoms with Crippen LogP contribution in [0.3, 0.4) is 0 Å². The zero-order valence-electron chi connectivity index (χ0n) is 8.82. The van der Waals surface area contributed by atoms with Crippen molar-refractivity contribution in [1.82, 2.24) is 4.98 Å². The van der Waals surface area contributed by atoms with E-state index in [1.54, 1.807) is 0 Å². The van der Waals surface area contributed by atoms with Gasteiger partial charge < -0.3 is 4.90 Å². The normalized spacial score (nSPS) is 20.9. The first-order valence-electron chi connectivity index (χ1n) is 5.12. The number of nitrogens with zero attached hydrogens (tertiary/aromatic N) is 2. The minimum absolute atomic E-state index is 0.773. The average molecular weight is 287 g/mol. The summed E-state index contributed by atoms with van der Waals surface area (Å²) in [5.41, 5.74) is 1.29. The van der Waals surface area contributed by atoms with Crippen LogP contribution in [0.1, 0.15) is 12.0 Å². The van der Waals surface area contributed by atoms with Gasteiger partial charge in [-0.15, -0.1) is 0 Å². The van der Waals surface area contributed by atoms with Crippen molar-refractivity contribution in [1.29, 1.82) is 0 Å². The Labute approximate surface area is 104 Å². The van der Waals surface area contributed by atoms with Crippen molar-refractivity contribution in [2.75, 3.05) is 24.2 Å². The van der Waals surface area contributed by atoms with E-state index >= 15 is 0 Å². The Hall–Kier alpha value is -0.220. The molecule has 1 saturated heterocycles. The maximum absolute atomic E-state index is 4.49. The summed E-state index contributed by atoms with van der Waals surface area (Å²) >= 11 is 5.48. The summed E-state index contributed by atoms with van der Waals surface area (Å²) in [6.45, 7) is 2.28. The molecule has 0 saturated carbocycles. The van der Waals surface area contributed by atoms with Gasteiger partial charge in [-0.2, -0.15) is 11.8 Å². The van der Waals surface area contributed by atoms with Crippen molar-refractivity contribution in [3.05, 3.63) is 23.9 Å². The maximum Gasteiger partial charge on any atom is 0.132 e. The number of alkyl halides is 1. The van der Waals surface area contributed by atoms with Crippen LogP contribution in [0.4, 0.5) is 5.82 Å². The largest absolute Gasteiger partial charge is 0.355 e. The minimum Gasteiger partial charge on any atom is -0.355 e. The Morgan fingerprint density at radius 1 is 1.67 bits per heavy atom. The van der Waals surface area contributed by atoms with Crippen molar-refractivity contribution in [3.63, 3.8) is 0 Å². The number of anilines is 1. The summed E-state index contributed by atoms with van der Waals surface area (Å²) in [5, 5.41) is 1.66. The lowest BCUT2D eigenvalue weighted by Crippen LogP contribution is -2.22. The lowest BCUT2D eigenvalue weighted by atomic mass is 10.3. The Morgan fingerprint density at radius 2 is 2.53 bits per heavy atom. The summed E-state index contributed by atoms with van der Waals surface area (Å²) in [6.07, 6.45) is 5.35. The molecule has 2 heterocycles. The van der Waals surface area contributed by atoms with Crippen molar-refractivity contribution in [2.24, 2.45) is 0 Å². The second kappa shape index (κ2) is 5.21. The molecule has 1 aromatic rings. The van der Waals surface area contributed by atoms with Gasteiger partial charge in [-0.05, 0) is 18.7 Å². The van der Waals surface area contributed by atoms with Gasteiger partial charge in [-0.1, -0.05) is 22.0 Å². The Bertz CT molecular complexity index is 332. The van der Waals surface area contributed by atoms with Crippen LogP contribution in [-0.2, 0) is 5.33 Å². The maximum atomic E-state index is 4.49. The highest BCUT2D eigenvalue weighted by Crippen LogP contribution is 2.27. The van der Waals surface area contributed by atoms with Crippen LogP contribution >= 0.6 is 27.7 Å². The Balaban J connectivity index is 2.16. The van der Waals surface area contributed by atoms with Crippen molar-refractivity contribution < 1.29 is 0 Å². The van der Waals surface area contributed by atoms with E-state index in [0.717, 1.165) is 29.5 Å². The third-order valence-electron chi connectivity index (χ3n) is 2.79. The quantitative estimate of drug-likeness (QED) is 0.795. The number of halogens is 1. The van der Waals surface area contributed by atoms with Gasteiger partial charge in [0.15, 0.2) is 0 Å². The molecular formula is C11H15BrN2S. The van der Waals surface area contributed by atoms with Crippen LogP contribution in [-0.4, -0.2) is 29.6 Å². The molecule has 0 N–H and O–H groups in total. The van der Waals surface area contributed by atoms with Crippen molar-refractivity contribution in [3.8, 4) is 0 Å². The van der Waals surface area contributed by atoms with Crippen LogP contribution in [0, 0.1) is 0 Å². The minimum atomic E-state index is 0.773. The molecule has 0 aliphatic carbocycles. The van der Waals surface area contributed by atoms with Gasteiger partial charge in [-0.3, -0.25) is 0 Å². The van der Waals surface area contributed by atoms with Gasteiger partial charge in [0.1, 0.15) is 5.82 Å². The highest BCUT2D eigenvalue weighted by Gasteiger charge is 2.23. The highest BCUT2D eigenvalue weighted by molar-refractivity contribution is 9.08. The number of hydrogen-bond acceptors (Lipinski definition) is 3. The molecule has 1 aromatic heterocycles. The summed E-state index contributed by atoms with van der Waals surface area (Å²) in [5.74, 6) is 1.16. The molecule has 1 atom stereocenters. The van der Waals surface area contributed by atoms with Crippen LogP contribution < -0.4 is 4.90 Å². The number of rotatable bonds is 3. The van der Waals surface area contributed by atoms with Gasteiger partial charge in [0.25, 0.3) is 0 Å². The van der Waals surface area contributed by atoms with E-state index in [4.69, 9.17) is 0 Å². The van der Waals surface area contributed by atoms with Crippen molar-refractivity contribution >= 4 is 33.5 Å². The first-order valence-corrected chi connectivity index (χ1v) is 7.53. The van der Waals surface area contributed by atoms with E-state index in [1.165, 1.54) is 12.0 Å². The van der Waals surface area contributed by atoms with Crippen molar-refractivity contribution in [2.45, 2.75) is 17.0 Å². The third-order valence-corrected chi connectivity index (χ3v) is 4.44. The predicted molar refractivity (Wildman–Crippen MR) is 71.0 cm³/mol. The van der Waals surface area contributed by atoms with Crippen LogP contribution in [0.25, 0.3) is 0 Å². The molecule has 0 spiro atoms. The van der Waals surface area contributed by atoms with Crippen LogP contribution in [0.2, 0.25) is 0 Å². The van der Waals surface area contributed by atoms with Gasteiger partial charge in [-0.25, -0.2) is 4.98 Å². The predicted octanol–water partition coefficient (Wildman–Crippen LogP) is 2.92. The first-order chi connectivity index (χ1) is 7.35. The molecule has 0 bridgehead atoms. The average Bonchev–Trinajstić information content (AvgIpc) is 2.77. The number of hydrogen-bond donors (Lipinski definition) is 0. The molecule has 82 valence electrons. The molecule has 2 rings (SSSR count). The summed E-state index contributed by atoms with van der Waals surface area (Å²) in [7, 11) is 0. The Morgan fingerprint density at radius 3 is 3.20 bits per heavy atom. The van der Waals surface area contributed by atoms with E-state index in [9.17, 15) is 0 Å². The van der Waals surface area contributed by atoms with E-state index in [2.05, 4.69) is 38.1 Å². The zero-order chi connectivity index (χ0) is 10.7. The lowest BCUT2D eigenvalue weighted by molar-refractivity contribution is 0.928. The van der Waals surface area contributed by atoms with E-state index in [1.807, 2.05) is 24.0 Å². The molecule has 15 heavy (non-hydrogen) atoms. The molecule has 2 nitrogen and oxygen atoms in total. The molecule has 1 aliphatic heterocycles. The van der Waals surface area contributed by atoms with E-state index < -0.39 is 0 Å². The van der Waals surface area contributed by atoms with Crippen LogP contribution in [0.5, 0.6) is 0 Å². The monoisotopic (exact) mass is 286 g/mol. The fourth-order valence-corrected chi connectivity index (χ4v) is 3.04. The SMILES string of the molecule is CSC1CCN(c2ncccc2CBr)C1. The third kappa shape index (κ3) is 2.48. The fraction of sp³-hybridized carbons (Fsp3) is 0.545. The first kappa shape index (κ1) is 11.3. The molecule has 0 radical (unpaired) electrons. The molecular weight excluding hydrogens is 272 g/mol. The molecule has 1 unspecified atom stereocenters. The molecule has 1 fully saturated rings. The summed E-state index contributed by atoms with van der Waals surface area (Å²) in [6, 6.07) is 4.14. The zero-order valence-corrected chi connectivity index (χ0v) is 11.2. The number of pyridine rings is 1. The number of thioether (sulfide) groups is 1. The lowest BCUT2D eigenvalue weighted by Gasteiger charge is -2.19. The second-order valence-electron chi connectivity index (χ2n) is 3.71. The molecule has 1 aliphatic rings. The van der Waals surface area contributed by atoms with Crippen LogP contribution in [0.15, 0.2) is 18.3 Å². The van der Waals surface area contributed by atoms with Gasteiger partial charge >= 0.3 is 0 Å². The number of aromatic nitrogens is 1. The van der Waals surface area contributed by atoms with E-state index in [0.29, 0.717) is 0 Å². The standard InChI is InChI=1S/C11H15BrN2S/c1-15-10-4-6-14(8-10)11-9(7-12)3-2-5-13-11/h2-3,5,10H,4,6-8H2,1H3. The summed E-state index contributed by atoms with van der Waals surface area (Å²) in [4.78, 5) is 6.89.